The number of nitrogens with one attached hydrogen (secondary N) is 1. The third kappa shape index (κ3) is 5.64. The molecule has 2 aliphatic carbocycles. The van der Waals surface area contributed by atoms with Gasteiger partial charge in [0, 0.05) is 30.5 Å². The molecular weight excluding hydrogens is 538 g/mol. The lowest BCUT2D eigenvalue weighted by atomic mass is 9.79. The molecule has 8 nitrogen and oxygen atoms in total. The number of benzene rings is 3. The lowest BCUT2D eigenvalue weighted by Gasteiger charge is -2.23. The molecule has 0 bridgehead atoms. The van der Waals surface area contributed by atoms with Crippen molar-refractivity contribution in [1.82, 2.24) is 24.8 Å². The van der Waals surface area contributed by atoms with Crippen LogP contribution in [0.5, 0.6) is 0 Å². The van der Waals surface area contributed by atoms with Crippen LogP contribution in [0.25, 0.3) is 34.4 Å². The first-order valence-corrected chi connectivity index (χ1v) is 14.4. The van der Waals surface area contributed by atoms with Gasteiger partial charge in [-0.15, -0.1) is 0 Å². The molecule has 1 amide bonds. The third-order valence-corrected chi connectivity index (χ3v) is 8.02. The molecule has 0 fully saturated rings. The van der Waals surface area contributed by atoms with E-state index in [0.29, 0.717) is 25.2 Å². The van der Waals surface area contributed by atoms with Crippen molar-refractivity contribution in [2.75, 3.05) is 6.54 Å². The Morgan fingerprint density at radius 2 is 1.65 bits per heavy atom. The molecule has 2 aliphatic rings. The Bertz CT molecular complexity index is 1980. The smallest absolute Gasteiger partial charge is 0.224 e. The van der Waals surface area contributed by atoms with Crippen molar-refractivity contribution in [2.45, 2.75) is 32.7 Å². The fourth-order valence-electron chi connectivity index (χ4n) is 5.77. The summed E-state index contributed by atoms with van der Waals surface area (Å²) in [4.78, 5) is 48.7. The van der Waals surface area contributed by atoms with Gasteiger partial charge in [0.1, 0.15) is 17.6 Å². The second kappa shape index (κ2) is 11.9. The number of carbonyl (C=O) groups is 3. The Hall–Kier alpha value is -5.24. The van der Waals surface area contributed by atoms with Gasteiger partial charge >= 0.3 is 0 Å². The summed E-state index contributed by atoms with van der Waals surface area (Å²) < 4.78 is 1.93. The van der Waals surface area contributed by atoms with Crippen LogP contribution in [-0.2, 0) is 22.6 Å². The lowest BCUT2D eigenvalue weighted by Crippen LogP contribution is -2.40. The van der Waals surface area contributed by atoms with E-state index in [9.17, 15) is 14.4 Å². The molecule has 43 heavy (non-hydrogen) atoms. The predicted molar refractivity (Wildman–Crippen MR) is 165 cm³/mol. The number of aromatic nitrogens is 4. The first-order chi connectivity index (χ1) is 20.9. The number of Topliss-reactive ketones (excluding diaryl/α,β-unsaturated/α-hetero) is 2. The normalized spacial score (nSPS) is 16.5. The van der Waals surface area contributed by atoms with Crippen molar-refractivity contribution in [3.63, 3.8) is 0 Å². The molecule has 214 valence electrons. The number of hydrogen-bond donors (Lipinski definition) is 1. The number of hydrogen-bond acceptors (Lipinski definition) is 6. The summed E-state index contributed by atoms with van der Waals surface area (Å²) in [6.07, 6.45) is 9.04. The molecule has 0 aliphatic heterocycles. The number of nitrogens with zero attached hydrogens (tertiary/aromatic N) is 4. The van der Waals surface area contributed by atoms with Crippen molar-refractivity contribution in [3.05, 3.63) is 113 Å². The minimum Gasteiger partial charge on any atom is -0.354 e. The Balaban J connectivity index is 0.000000153. The van der Waals surface area contributed by atoms with Gasteiger partial charge in [-0.25, -0.2) is 15.0 Å². The molecule has 2 heterocycles. The summed E-state index contributed by atoms with van der Waals surface area (Å²) in [5, 5.41) is 4.93. The van der Waals surface area contributed by atoms with E-state index in [1.807, 2.05) is 91.2 Å². The van der Waals surface area contributed by atoms with Gasteiger partial charge in [-0.3, -0.25) is 14.4 Å². The van der Waals surface area contributed by atoms with Gasteiger partial charge in [-0.05, 0) is 38.8 Å². The van der Waals surface area contributed by atoms with E-state index in [0.717, 1.165) is 43.8 Å². The second-order valence-electron chi connectivity index (χ2n) is 10.8. The van der Waals surface area contributed by atoms with Gasteiger partial charge in [0.15, 0.2) is 11.4 Å². The SMILES string of the molecule is CC1C=c2c(ccc3c2=CC(=O)c2ccccc2-3)C(C)C1=O.O=C(Cc1ccccc1)NCCn1cnc2ncncc21. The van der Waals surface area contributed by atoms with E-state index in [1.54, 1.807) is 18.6 Å². The number of imidazole rings is 1. The zero-order chi connectivity index (χ0) is 29.9. The van der Waals surface area contributed by atoms with Gasteiger partial charge in [-0.2, -0.15) is 0 Å². The molecule has 2 unspecified atom stereocenters. The number of fused-ring (bicyclic) bond motifs is 6. The number of ketones is 2. The van der Waals surface area contributed by atoms with Crippen LogP contribution in [0.2, 0.25) is 0 Å². The van der Waals surface area contributed by atoms with Crippen molar-refractivity contribution in [1.29, 1.82) is 0 Å². The van der Waals surface area contributed by atoms with E-state index < -0.39 is 0 Å². The second-order valence-corrected chi connectivity index (χ2v) is 10.8. The minimum absolute atomic E-state index is 0.0156. The molecule has 0 radical (unpaired) electrons. The highest BCUT2D eigenvalue weighted by atomic mass is 16.1. The molecule has 8 heteroatoms. The van der Waals surface area contributed by atoms with Crippen molar-refractivity contribution < 1.29 is 14.4 Å². The van der Waals surface area contributed by atoms with Crippen molar-refractivity contribution >= 4 is 40.8 Å². The van der Waals surface area contributed by atoms with Crippen molar-refractivity contribution in [3.8, 4) is 11.1 Å². The van der Waals surface area contributed by atoms with Crippen LogP contribution in [0.1, 0.15) is 41.3 Å². The maximum absolute atomic E-state index is 12.4. The molecule has 2 aromatic heterocycles. The molecule has 3 aromatic carbocycles. The molecule has 2 atom stereocenters. The van der Waals surface area contributed by atoms with Gasteiger partial charge in [0.25, 0.3) is 0 Å². The average Bonchev–Trinajstić information content (AvgIpc) is 3.44. The highest BCUT2D eigenvalue weighted by Gasteiger charge is 2.27. The standard InChI is InChI=1S/C20H16O2.C15H15N5O/c1-11-9-17-13(12(2)20(11)22)7-8-15-14-5-3-4-6-16(14)19(21)10-18(15)17;21-14(8-12-4-2-1-3-5-12)17-6-7-20-11-19-15-13(20)9-16-10-18-15/h3-12H,1-2H3;1-5,9-11H,6-8H2,(H,17,21). The van der Waals surface area contributed by atoms with E-state index in [4.69, 9.17) is 0 Å². The Morgan fingerprint density at radius 3 is 2.47 bits per heavy atom. The molecule has 5 aromatic rings. The molecular formula is C35H31N5O3. The quantitative estimate of drug-likeness (QED) is 0.347. The Morgan fingerprint density at radius 1 is 0.884 bits per heavy atom. The monoisotopic (exact) mass is 569 g/mol. The van der Waals surface area contributed by atoms with Gasteiger partial charge in [0.05, 0.1) is 18.9 Å². The minimum atomic E-state index is -0.110. The van der Waals surface area contributed by atoms with Crippen LogP contribution in [0.4, 0.5) is 0 Å². The van der Waals surface area contributed by atoms with Crippen LogP contribution < -0.4 is 15.8 Å². The summed E-state index contributed by atoms with van der Waals surface area (Å²) in [6.45, 7) is 5.08. The number of carbonyl (C=O) groups excluding carboxylic acids is 3. The predicted octanol–water partition coefficient (Wildman–Crippen LogP) is 3.62. The zero-order valence-electron chi connectivity index (χ0n) is 24.0. The summed E-state index contributed by atoms with van der Waals surface area (Å²) in [7, 11) is 0. The largest absolute Gasteiger partial charge is 0.354 e. The molecule has 1 N–H and O–H groups in total. The van der Waals surface area contributed by atoms with Gasteiger partial charge < -0.3 is 9.88 Å². The molecule has 0 spiro atoms. The van der Waals surface area contributed by atoms with E-state index >= 15 is 0 Å². The lowest BCUT2D eigenvalue weighted by molar-refractivity contribution is -0.122. The Labute approximate surface area is 248 Å². The summed E-state index contributed by atoms with van der Waals surface area (Å²) in [6, 6.07) is 21.5. The number of rotatable bonds is 5. The average molecular weight is 570 g/mol. The fourth-order valence-corrected chi connectivity index (χ4v) is 5.77. The summed E-state index contributed by atoms with van der Waals surface area (Å²) in [5.74, 6) is 0.0922. The van der Waals surface area contributed by atoms with Crippen LogP contribution >= 0.6 is 0 Å². The highest BCUT2D eigenvalue weighted by molar-refractivity contribution is 6.22. The topological polar surface area (TPSA) is 107 Å². The first-order valence-electron chi connectivity index (χ1n) is 14.4. The number of amides is 1. The molecule has 7 rings (SSSR count). The Kier molecular flexibility index (Phi) is 7.75. The van der Waals surface area contributed by atoms with Crippen LogP contribution in [0.3, 0.4) is 0 Å². The maximum atomic E-state index is 12.4. The van der Waals surface area contributed by atoms with Crippen LogP contribution in [0, 0.1) is 5.92 Å². The van der Waals surface area contributed by atoms with Crippen LogP contribution in [0.15, 0.2) is 85.6 Å². The van der Waals surface area contributed by atoms with Crippen LogP contribution in [-0.4, -0.2) is 43.5 Å². The van der Waals surface area contributed by atoms with E-state index in [-0.39, 0.29) is 29.3 Å². The third-order valence-electron chi connectivity index (χ3n) is 8.02. The summed E-state index contributed by atoms with van der Waals surface area (Å²) >= 11 is 0. The van der Waals surface area contributed by atoms with E-state index in [1.165, 1.54) is 6.33 Å². The zero-order valence-corrected chi connectivity index (χ0v) is 24.0. The van der Waals surface area contributed by atoms with Crippen molar-refractivity contribution in [2.24, 2.45) is 5.92 Å². The molecule has 0 saturated carbocycles. The van der Waals surface area contributed by atoms with E-state index in [2.05, 4.69) is 20.3 Å². The summed E-state index contributed by atoms with van der Waals surface area (Å²) in [5.41, 5.74) is 6.40. The molecule has 0 saturated heterocycles. The van der Waals surface area contributed by atoms with Gasteiger partial charge in [0.2, 0.25) is 5.91 Å². The first kappa shape index (κ1) is 27.9. The fraction of sp³-hybridized carbons (Fsp3) is 0.200. The maximum Gasteiger partial charge on any atom is 0.224 e. The van der Waals surface area contributed by atoms with Gasteiger partial charge in [-0.1, -0.05) is 86.7 Å². The highest BCUT2D eigenvalue weighted by Crippen LogP contribution is 2.27.